The van der Waals surface area contributed by atoms with E-state index in [-0.39, 0.29) is 5.91 Å². The Morgan fingerprint density at radius 3 is 2.74 bits per heavy atom. The first-order chi connectivity index (χ1) is 11.0. The topological polar surface area (TPSA) is 90.9 Å². The summed E-state index contributed by atoms with van der Waals surface area (Å²) in [5.74, 6) is -0.165. The smallest absolute Gasteiger partial charge is 0.251 e. The van der Waals surface area contributed by atoms with Gasteiger partial charge in [0, 0.05) is 29.7 Å². The van der Waals surface area contributed by atoms with Crippen molar-refractivity contribution in [3.05, 3.63) is 58.7 Å². The molecule has 2 aromatic rings. The molecule has 23 heavy (non-hydrogen) atoms. The third-order valence-corrected chi connectivity index (χ3v) is 3.71. The fraction of sp³-hybridized carbons (Fsp3) is 0.176. The minimum atomic E-state index is -0.165. The van der Waals surface area contributed by atoms with Gasteiger partial charge in [-0.15, -0.1) is 0 Å². The summed E-state index contributed by atoms with van der Waals surface area (Å²) in [6.45, 7) is 2.26. The molecule has 0 bridgehead atoms. The Labute approximate surface area is 140 Å². The van der Waals surface area contributed by atoms with Gasteiger partial charge >= 0.3 is 0 Å². The summed E-state index contributed by atoms with van der Waals surface area (Å²) < 4.78 is 3.13. The molecule has 0 saturated heterocycles. The Kier molecular flexibility index (Phi) is 5.50. The van der Waals surface area contributed by atoms with Crippen molar-refractivity contribution in [1.29, 1.82) is 5.26 Å². The highest BCUT2D eigenvalue weighted by molar-refractivity contribution is 7.99. The molecule has 118 valence electrons. The Balaban J connectivity index is 2.09. The summed E-state index contributed by atoms with van der Waals surface area (Å²) in [7, 11) is 0. The van der Waals surface area contributed by atoms with Crippen molar-refractivity contribution in [1.82, 2.24) is 5.32 Å². The molecule has 6 heteroatoms. The molecule has 0 spiro atoms. The first kappa shape index (κ1) is 16.7. The van der Waals surface area contributed by atoms with Gasteiger partial charge in [0.05, 0.1) is 11.6 Å². The van der Waals surface area contributed by atoms with Crippen LogP contribution in [0.25, 0.3) is 0 Å². The lowest BCUT2D eigenvalue weighted by molar-refractivity contribution is 0.0951. The van der Waals surface area contributed by atoms with E-state index in [4.69, 9.17) is 11.0 Å². The van der Waals surface area contributed by atoms with Crippen LogP contribution in [-0.2, 0) is 6.54 Å². The minimum Gasteiger partial charge on any atom is -0.398 e. The second-order valence-electron chi connectivity index (χ2n) is 5.10. The standard InChI is InChI=1S/C17H18N4OS/c1-11-5-14(8-15(6-11)21-23-2)17(22)20-10-13-4-3-12(9-18)7-16(13)19/h3-8,21H,10,19H2,1-2H3,(H,20,22). The van der Waals surface area contributed by atoms with E-state index in [1.807, 2.05) is 31.4 Å². The van der Waals surface area contributed by atoms with E-state index in [1.54, 1.807) is 24.3 Å². The average molecular weight is 326 g/mol. The third kappa shape index (κ3) is 4.41. The zero-order valence-corrected chi connectivity index (χ0v) is 13.8. The van der Waals surface area contributed by atoms with Gasteiger partial charge in [-0.3, -0.25) is 4.79 Å². The van der Waals surface area contributed by atoms with Crippen LogP contribution in [0.4, 0.5) is 11.4 Å². The van der Waals surface area contributed by atoms with Crippen LogP contribution in [0.2, 0.25) is 0 Å². The third-order valence-electron chi connectivity index (χ3n) is 3.27. The molecule has 0 aliphatic heterocycles. The molecule has 0 heterocycles. The highest BCUT2D eigenvalue weighted by Crippen LogP contribution is 2.18. The SMILES string of the molecule is CSNc1cc(C)cc(C(=O)NCc2ccc(C#N)cc2N)c1. The number of rotatable bonds is 5. The van der Waals surface area contributed by atoms with Crippen LogP contribution in [0, 0.1) is 18.3 Å². The molecule has 0 aliphatic rings. The van der Waals surface area contributed by atoms with Crippen LogP contribution in [0.1, 0.15) is 27.0 Å². The van der Waals surface area contributed by atoms with Crippen molar-refractivity contribution in [3.63, 3.8) is 0 Å². The zero-order valence-electron chi connectivity index (χ0n) is 13.0. The van der Waals surface area contributed by atoms with E-state index in [2.05, 4.69) is 10.0 Å². The number of hydrogen-bond donors (Lipinski definition) is 3. The second-order valence-corrected chi connectivity index (χ2v) is 5.71. The molecule has 4 N–H and O–H groups in total. The van der Waals surface area contributed by atoms with Gasteiger partial charge in [-0.1, -0.05) is 18.0 Å². The Morgan fingerprint density at radius 2 is 2.09 bits per heavy atom. The number of hydrogen-bond acceptors (Lipinski definition) is 5. The summed E-state index contributed by atoms with van der Waals surface area (Å²) in [5.41, 5.74) is 10.2. The quantitative estimate of drug-likeness (QED) is 0.580. The number of nitrogens with one attached hydrogen (secondary N) is 2. The van der Waals surface area contributed by atoms with E-state index in [1.165, 1.54) is 11.9 Å². The maximum atomic E-state index is 12.3. The first-order valence-electron chi connectivity index (χ1n) is 7.01. The molecule has 0 aromatic heterocycles. The van der Waals surface area contributed by atoms with Crippen molar-refractivity contribution in [3.8, 4) is 6.07 Å². The fourth-order valence-electron chi connectivity index (χ4n) is 2.19. The molecule has 2 aromatic carbocycles. The molecule has 0 atom stereocenters. The van der Waals surface area contributed by atoms with Gasteiger partial charge in [-0.05, 0) is 48.4 Å². The van der Waals surface area contributed by atoms with Crippen LogP contribution in [0.15, 0.2) is 36.4 Å². The number of nitrogens with zero attached hydrogens (tertiary/aromatic N) is 1. The Hall–Kier alpha value is -2.65. The van der Waals surface area contributed by atoms with Crippen molar-refractivity contribution in [2.75, 3.05) is 16.7 Å². The van der Waals surface area contributed by atoms with E-state index < -0.39 is 0 Å². The van der Waals surface area contributed by atoms with Crippen LogP contribution >= 0.6 is 11.9 Å². The number of nitrogen functional groups attached to an aromatic ring is 1. The minimum absolute atomic E-state index is 0.165. The van der Waals surface area contributed by atoms with Crippen LogP contribution < -0.4 is 15.8 Å². The molecular weight excluding hydrogens is 308 g/mol. The predicted octanol–water partition coefficient (Wildman–Crippen LogP) is 3.07. The van der Waals surface area contributed by atoms with Crippen molar-refractivity contribution < 1.29 is 4.79 Å². The van der Waals surface area contributed by atoms with E-state index >= 15 is 0 Å². The average Bonchev–Trinajstić information content (AvgIpc) is 2.53. The van der Waals surface area contributed by atoms with E-state index in [0.717, 1.165) is 16.8 Å². The normalized spacial score (nSPS) is 9.96. The molecular formula is C17H18N4OS. The number of nitrogens with two attached hydrogens (primary N) is 1. The number of carbonyl (C=O) groups excluding carboxylic acids is 1. The number of aryl methyl sites for hydroxylation is 1. The number of anilines is 2. The summed E-state index contributed by atoms with van der Waals surface area (Å²) >= 11 is 1.47. The maximum absolute atomic E-state index is 12.3. The van der Waals surface area contributed by atoms with Gasteiger partial charge in [-0.2, -0.15) is 5.26 Å². The van der Waals surface area contributed by atoms with Crippen molar-refractivity contribution >= 4 is 29.2 Å². The Bertz CT molecular complexity index is 768. The fourth-order valence-corrected chi connectivity index (χ4v) is 2.55. The van der Waals surface area contributed by atoms with Crippen LogP contribution in [0.5, 0.6) is 0 Å². The molecule has 2 rings (SSSR count). The summed E-state index contributed by atoms with van der Waals surface area (Å²) in [6, 6.07) is 12.7. The predicted molar refractivity (Wildman–Crippen MR) is 95.1 cm³/mol. The van der Waals surface area contributed by atoms with Crippen molar-refractivity contribution in [2.24, 2.45) is 0 Å². The summed E-state index contributed by atoms with van der Waals surface area (Å²) in [6.07, 6.45) is 1.93. The monoisotopic (exact) mass is 326 g/mol. The summed E-state index contributed by atoms with van der Waals surface area (Å²) in [5, 5.41) is 11.7. The van der Waals surface area contributed by atoms with Gasteiger partial charge in [0.1, 0.15) is 0 Å². The zero-order chi connectivity index (χ0) is 16.8. The number of carbonyl (C=O) groups is 1. The van der Waals surface area contributed by atoms with Gasteiger partial charge in [-0.25, -0.2) is 0 Å². The van der Waals surface area contributed by atoms with Crippen molar-refractivity contribution in [2.45, 2.75) is 13.5 Å². The molecule has 0 fully saturated rings. The number of amides is 1. The first-order valence-corrected chi connectivity index (χ1v) is 8.23. The molecule has 0 unspecified atom stereocenters. The number of nitriles is 1. The summed E-state index contributed by atoms with van der Waals surface area (Å²) in [4.78, 5) is 12.3. The highest BCUT2D eigenvalue weighted by Gasteiger charge is 2.09. The highest BCUT2D eigenvalue weighted by atomic mass is 32.2. The van der Waals surface area contributed by atoms with Gasteiger partial charge < -0.3 is 15.8 Å². The lowest BCUT2D eigenvalue weighted by Gasteiger charge is -2.10. The van der Waals surface area contributed by atoms with Crippen LogP contribution in [0.3, 0.4) is 0 Å². The lowest BCUT2D eigenvalue weighted by atomic mass is 10.1. The van der Waals surface area contributed by atoms with E-state index in [9.17, 15) is 4.79 Å². The largest absolute Gasteiger partial charge is 0.398 e. The second kappa shape index (κ2) is 7.56. The molecule has 5 nitrogen and oxygen atoms in total. The lowest BCUT2D eigenvalue weighted by Crippen LogP contribution is -2.23. The van der Waals surface area contributed by atoms with Gasteiger partial charge in [0.25, 0.3) is 5.91 Å². The molecule has 1 amide bonds. The van der Waals surface area contributed by atoms with Crippen LogP contribution in [-0.4, -0.2) is 12.2 Å². The van der Waals surface area contributed by atoms with Gasteiger partial charge in [0.15, 0.2) is 0 Å². The molecule has 0 radical (unpaired) electrons. The molecule has 0 aliphatic carbocycles. The molecule has 0 saturated carbocycles. The maximum Gasteiger partial charge on any atom is 0.251 e. The van der Waals surface area contributed by atoms with Gasteiger partial charge in [0.2, 0.25) is 0 Å². The number of benzene rings is 2. The van der Waals surface area contributed by atoms with E-state index in [0.29, 0.717) is 23.4 Å². The Morgan fingerprint density at radius 1 is 1.30 bits per heavy atom.